The average molecular weight is 176 g/mol. The van der Waals surface area contributed by atoms with Crippen molar-refractivity contribution < 1.29 is 9.53 Å². The maximum atomic E-state index is 10.6. The Labute approximate surface area is 77.8 Å². The van der Waals surface area contributed by atoms with Gasteiger partial charge in [-0.3, -0.25) is 4.79 Å². The lowest BCUT2D eigenvalue weighted by atomic mass is 10.1. The van der Waals surface area contributed by atoms with E-state index in [4.69, 9.17) is 4.74 Å². The molecule has 0 saturated heterocycles. The standard InChI is InChI=1S/C11H12O2/c1-3-4-9-5-6-11(13-2)10(7-9)8-12/h3,5-8H,1,4H2,2H3. The first kappa shape index (κ1) is 9.52. The smallest absolute Gasteiger partial charge is 0.153 e. The second kappa shape index (κ2) is 4.45. The number of carbonyl (C=O) groups excluding carboxylic acids is 1. The molecule has 0 N–H and O–H groups in total. The van der Waals surface area contributed by atoms with Gasteiger partial charge in [0.2, 0.25) is 0 Å². The fraction of sp³-hybridized carbons (Fsp3) is 0.182. The van der Waals surface area contributed by atoms with E-state index in [1.807, 2.05) is 12.1 Å². The Morgan fingerprint density at radius 2 is 2.31 bits per heavy atom. The van der Waals surface area contributed by atoms with Gasteiger partial charge in [0, 0.05) is 0 Å². The summed E-state index contributed by atoms with van der Waals surface area (Å²) in [6.07, 6.45) is 3.37. The van der Waals surface area contributed by atoms with E-state index in [1.54, 1.807) is 19.3 Å². The van der Waals surface area contributed by atoms with Crippen LogP contribution < -0.4 is 4.74 Å². The predicted molar refractivity (Wildman–Crippen MR) is 52.3 cm³/mol. The fourth-order valence-corrected chi connectivity index (χ4v) is 1.17. The summed E-state index contributed by atoms with van der Waals surface area (Å²) >= 11 is 0. The largest absolute Gasteiger partial charge is 0.496 e. The lowest BCUT2D eigenvalue weighted by molar-refractivity contribution is 0.112. The summed E-state index contributed by atoms with van der Waals surface area (Å²) in [6, 6.07) is 5.53. The molecule has 1 rings (SSSR count). The highest BCUT2D eigenvalue weighted by molar-refractivity contribution is 5.79. The molecular formula is C11H12O2. The molecule has 0 heterocycles. The van der Waals surface area contributed by atoms with Crippen molar-refractivity contribution in [3.05, 3.63) is 42.0 Å². The zero-order valence-corrected chi connectivity index (χ0v) is 7.62. The van der Waals surface area contributed by atoms with Gasteiger partial charge in [-0.05, 0) is 24.1 Å². The van der Waals surface area contributed by atoms with Crippen LogP contribution in [-0.2, 0) is 6.42 Å². The van der Waals surface area contributed by atoms with Crippen molar-refractivity contribution in [2.45, 2.75) is 6.42 Å². The molecule has 0 aromatic heterocycles. The SMILES string of the molecule is C=CCc1ccc(OC)c(C=O)c1. The third-order valence-electron chi connectivity index (χ3n) is 1.80. The summed E-state index contributed by atoms with van der Waals surface area (Å²) < 4.78 is 5.01. The number of allylic oxidation sites excluding steroid dienone is 1. The van der Waals surface area contributed by atoms with Crippen molar-refractivity contribution in [3.8, 4) is 5.75 Å². The minimum absolute atomic E-state index is 0.585. The lowest BCUT2D eigenvalue weighted by Crippen LogP contribution is -1.92. The van der Waals surface area contributed by atoms with E-state index >= 15 is 0 Å². The molecule has 0 aliphatic rings. The second-order valence-electron chi connectivity index (χ2n) is 2.69. The average Bonchev–Trinajstić information content (AvgIpc) is 2.18. The second-order valence-corrected chi connectivity index (χ2v) is 2.69. The maximum Gasteiger partial charge on any atom is 0.153 e. The Balaban J connectivity index is 3.04. The molecule has 0 unspecified atom stereocenters. The number of hydrogen-bond donors (Lipinski definition) is 0. The molecule has 0 aliphatic carbocycles. The van der Waals surface area contributed by atoms with Crippen LogP contribution in [0, 0.1) is 0 Å². The van der Waals surface area contributed by atoms with E-state index in [0.717, 1.165) is 18.3 Å². The molecule has 2 heteroatoms. The molecule has 0 saturated carbocycles. The van der Waals surface area contributed by atoms with Crippen LogP contribution in [0.2, 0.25) is 0 Å². The van der Waals surface area contributed by atoms with E-state index in [9.17, 15) is 4.79 Å². The first-order valence-electron chi connectivity index (χ1n) is 4.04. The zero-order chi connectivity index (χ0) is 9.68. The van der Waals surface area contributed by atoms with Gasteiger partial charge in [-0.1, -0.05) is 12.1 Å². The number of benzene rings is 1. The van der Waals surface area contributed by atoms with E-state index < -0.39 is 0 Å². The van der Waals surface area contributed by atoms with Crippen LogP contribution in [0.25, 0.3) is 0 Å². The molecule has 0 bridgehead atoms. The first-order valence-corrected chi connectivity index (χ1v) is 4.04. The highest BCUT2D eigenvalue weighted by Crippen LogP contribution is 2.18. The van der Waals surface area contributed by atoms with Crippen LogP contribution in [-0.4, -0.2) is 13.4 Å². The minimum atomic E-state index is 0.585. The van der Waals surface area contributed by atoms with Crippen molar-refractivity contribution in [2.24, 2.45) is 0 Å². The molecule has 2 nitrogen and oxygen atoms in total. The van der Waals surface area contributed by atoms with Crippen molar-refractivity contribution >= 4 is 6.29 Å². The van der Waals surface area contributed by atoms with E-state index in [0.29, 0.717) is 11.3 Å². The number of aldehydes is 1. The van der Waals surface area contributed by atoms with Gasteiger partial charge in [0.25, 0.3) is 0 Å². The van der Waals surface area contributed by atoms with Crippen molar-refractivity contribution in [3.63, 3.8) is 0 Å². The Bertz CT molecular complexity index is 316. The zero-order valence-electron chi connectivity index (χ0n) is 7.62. The third-order valence-corrected chi connectivity index (χ3v) is 1.80. The molecule has 68 valence electrons. The highest BCUT2D eigenvalue weighted by atomic mass is 16.5. The maximum absolute atomic E-state index is 10.6. The summed E-state index contributed by atoms with van der Waals surface area (Å²) in [6.45, 7) is 3.63. The number of carbonyl (C=O) groups is 1. The van der Waals surface area contributed by atoms with Crippen LogP contribution in [0.5, 0.6) is 5.75 Å². The van der Waals surface area contributed by atoms with E-state index in [1.165, 1.54) is 0 Å². The van der Waals surface area contributed by atoms with Gasteiger partial charge in [0.1, 0.15) is 5.75 Å². The molecule has 13 heavy (non-hydrogen) atoms. The molecule has 0 amide bonds. The van der Waals surface area contributed by atoms with Gasteiger partial charge < -0.3 is 4.74 Å². The van der Waals surface area contributed by atoms with Crippen LogP contribution in [0.3, 0.4) is 0 Å². The monoisotopic (exact) mass is 176 g/mol. The van der Waals surface area contributed by atoms with Gasteiger partial charge in [-0.15, -0.1) is 6.58 Å². The number of ether oxygens (including phenoxy) is 1. The van der Waals surface area contributed by atoms with Gasteiger partial charge in [-0.2, -0.15) is 0 Å². The number of methoxy groups -OCH3 is 1. The topological polar surface area (TPSA) is 26.3 Å². The fourth-order valence-electron chi connectivity index (χ4n) is 1.17. The van der Waals surface area contributed by atoms with Crippen molar-refractivity contribution in [2.75, 3.05) is 7.11 Å². The quantitative estimate of drug-likeness (QED) is 0.519. The van der Waals surface area contributed by atoms with Crippen LogP contribution >= 0.6 is 0 Å². The van der Waals surface area contributed by atoms with Crippen LogP contribution in [0.4, 0.5) is 0 Å². The van der Waals surface area contributed by atoms with Gasteiger partial charge >= 0.3 is 0 Å². The summed E-state index contributed by atoms with van der Waals surface area (Å²) in [5.41, 5.74) is 1.65. The van der Waals surface area contributed by atoms with Gasteiger partial charge in [0.05, 0.1) is 12.7 Å². The summed E-state index contributed by atoms with van der Waals surface area (Å²) in [4.78, 5) is 10.6. The molecular weight excluding hydrogens is 164 g/mol. The van der Waals surface area contributed by atoms with Crippen molar-refractivity contribution in [1.29, 1.82) is 0 Å². The lowest BCUT2D eigenvalue weighted by Gasteiger charge is -2.04. The Morgan fingerprint density at radius 1 is 1.54 bits per heavy atom. The summed E-state index contributed by atoms with van der Waals surface area (Å²) in [7, 11) is 1.55. The predicted octanol–water partition coefficient (Wildman–Crippen LogP) is 2.24. The number of rotatable bonds is 4. The van der Waals surface area contributed by atoms with Crippen LogP contribution in [0.1, 0.15) is 15.9 Å². The normalized spacial score (nSPS) is 9.31. The minimum Gasteiger partial charge on any atom is -0.496 e. The molecule has 0 aliphatic heterocycles. The molecule has 0 radical (unpaired) electrons. The number of hydrogen-bond acceptors (Lipinski definition) is 2. The van der Waals surface area contributed by atoms with Crippen molar-refractivity contribution in [1.82, 2.24) is 0 Å². The summed E-state index contributed by atoms with van der Waals surface area (Å²) in [5.74, 6) is 0.614. The van der Waals surface area contributed by atoms with E-state index in [-0.39, 0.29) is 0 Å². The highest BCUT2D eigenvalue weighted by Gasteiger charge is 2.01. The Kier molecular flexibility index (Phi) is 3.26. The molecule has 1 aromatic rings. The van der Waals surface area contributed by atoms with Gasteiger partial charge in [-0.25, -0.2) is 0 Å². The molecule has 1 aromatic carbocycles. The molecule has 0 fully saturated rings. The molecule has 0 spiro atoms. The first-order chi connectivity index (χ1) is 6.31. The Hall–Kier alpha value is -1.57. The molecule has 0 atom stereocenters. The summed E-state index contributed by atoms with van der Waals surface area (Å²) in [5, 5.41) is 0. The van der Waals surface area contributed by atoms with E-state index in [2.05, 4.69) is 6.58 Å². The van der Waals surface area contributed by atoms with Crippen LogP contribution in [0.15, 0.2) is 30.9 Å². The van der Waals surface area contributed by atoms with Gasteiger partial charge in [0.15, 0.2) is 6.29 Å². The third kappa shape index (κ3) is 2.18. The Morgan fingerprint density at radius 3 is 2.85 bits per heavy atom.